The molecule has 0 bridgehead atoms. The van der Waals surface area contributed by atoms with Gasteiger partial charge in [0.05, 0.1) is 25.4 Å². The van der Waals surface area contributed by atoms with E-state index in [1.807, 2.05) is 0 Å². The third kappa shape index (κ3) is 4.31. The second-order valence-corrected chi connectivity index (χ2v) is 6.71. The summed E-state index contributed by atoms with van der Waals surface area (Å²) in [5, 5.41) is 41.9. The van der Waals surface area contributed by atoms with Gasteiger partial charge in [-0.2, -0.15) is 5.26 Å². The number of Topliss-reactive ketones (excluding diaryl/α,β-unsaturated/α-hetero) is 1. The van der Waals surface area contributed by atoms with E-state index in [0.717, 1.165) is 12.8 Å². The summed E-state index contributed by atoms with van der Waals surface area (Å²) < 4.78 is 0. The van der Waals surface area contributed by atoms with Gasteiger partial charge >= 0.3 is 0 Å². The van der Waals surface area contributed by atoms with Gasteiger partial charge in [0.25, 0.3) is 0 Å². The Morgan fingerprint density at radius 3 is 2.34 bits per heavy atom. The number of carbonyl (C=O) groups excluding carboxylic acids is 1. The van der Waals surface area contributed by atoms with E-state index in [9.17, 15) is 25.4 Å². The van der Waals surface area contributed by atoms with Crippen LogP contribution in [0.2, 0.25) is 0 Å². The predicted octanol–water partition coefficient (Wildman–Crippen LogP) is 2.14. The summed E-state index contributed by atoms with van der Waals surface area (Å²) in [6.45, 7) is 5.44. The Hall–Kier alpha value is -2.76. The number of nitrogens with one attached hydrogen (secondary N) is 2. The summed E-state index contributed by atoms with van der Waals surface area (Å²) in [5.74, 6) is -0.137. The smallest absolute Gasteiger partial charge is 0.169 e. The molecule has 7 heteroatoms. The number of aliphatic hydroxyl groups is 3. The van der Waals surface area contributed by atoms with Crippen LogP contribution in [-0.2, 0) is 26.4 Å². The summed E-state index contributed by atoms with van der Waals surface area (Å²) in [7, 11) is 1.76. The highest BCUT2D eigenvalue weighted by Gasteiger charge is 2.36. The van der Waals surface area contributed by atoms with Crippen molar-refractivity contribution < 1.29 is 20.1 Å². The highest BCUT2D eigenvalue weighted by molar-refractivity contribution is 6.07. The Bertz CT molecular complexity index is 923. The number of nitriles is 1. The van der Waals surface area contributed by atoms with E-state index in [-0.39, 0.29) is 37.2 Å². The first-order valence-corrected chi connectivity index (χ1v) is 9.41. The molecule has 1 aliphatic carbocycles. The number of aromatic nitrogens is 1. The lowest BCUT2D eigenvalue weighted by atomic mass is 9.88. The lowest BCUT2D eigenvalue weighted by Crippen LogP contribution is -2.10. The van der Waals surface area contributed by atoms with Gasteiger partial charge in [-0.25, -0.2) is 0 Å². The maximum atomic E-state index is 12.9. The molecule has 1 aromatic carbocycles. The van der Waals surface area contributed by atoms with Crippen molar-refractivity contribution in [3.8, 4) is 17.2 Å². The van der Waals surface area contributed by atoms with Crippen molar-refractivity contribution >= 4 is 5.78 Å². The van der Waals surface area contributed by atoms with Crippen LogP contribution in [0.5, 0.6) is 0 Å². The van der Waals surface area contributed by atoms with E-state index >= 15 is 0 Å². The Balaban J connectivity index is 0.00000145. The fraction of sp³-hybridized carbons (Fsp3) is 0.364. The number of aromatic amines is 1. The highest BCUT2D eigenvalue weighted by Crippen LogP contribution is 2.40. The van der Waals surface area contributed by atoms with Crippen molar-refractivity contribution in [3.63, 3.8) is 0 Å². The number of hydrogen-bond donors (Lipinski definition) is 5. The van der Waals surface area contributed by atoms with E-state index in [2.05, 4.69) is 29.5 Å². The molecule has 3 rings (SSSR count). The standard InChI is InChI=1S/C20H23N3O4.C2H4/c1-22-7-17-18(19(16(6-21)23-17)20(27)11-2-3-11)13-5-4-12(8-24)14(9-25)15(13)10-26;1-2/h4-5,11,22-26H,2-3,7-10H2,1H3;1-2H2. The van der Waals surface area contributed by atoms with E-state index in [1.165, 1.54) is 0 Å². The molecule has 0 radical (unpaired) electrons. The van der Waals surface area contributed by atoms with Crippen LogP contribution in [0.1, 0.15) is 51.3 Å². The summed E-state index contributed by atoms with van der Waals surface area (Å²) in [6, 6.07) is 5.48. The lowest BCUT2D eigenvalue weighted by Gasteiger charge is -2.17. The van der Waals surface area contributed by atoms with Crippen molar-refractivity contribution in [3.05, 3.63) is 58.9 Å². The van der Waals surface area contributed by atoms with Crippen molar-refractivity contribution in [2.75, 3.05) is 7.05 Å². The van der Waals surface area contributed by atoms with Gasteiger partial charge < -0.3 is 25.6 Å². The lowest BCUT2D eigenvalue weighted by molar-refractivity contribution is 0.0968. The first-order valence-electron chi connectivity index (χ1n) is 9.41. The number of aliphatic hydroxyl groups excluding tert-OH is 3. The molecule has 5 N–H and O–H groups in total. The van der Waals surface area contributed by atoms with Gasteiger partial charge in [0.2, 0.25) is 0 Å². The minimum Gasteiger partial charge on any atom is -0.392 e. The molecule has 0 atom stereocenters. The number of nitrogens with zero attached hydrogens (tertiary/aromatic N) is 1. The zero-order chi connectivity index (χ0) is 21.6. The van der Waals surface area contributed by atoms with E-state index in [0.29, 0.717) is 45.6 Å². The van der Waals surface area contributed by atoms with Crippen molar-refractivity contribution in [1.82, 2.24) is 10.3 Å². The van der Waals surface area contributed by atoms with Crippen LogP contribution in [0, 0.1) is 17.2 Å². The number of hydrogen-bond acceptors (Lipinski definition) is 6. The van der Waals surface area contributed by atoms with Crippen LogP contribution in [0.15, 0.2) is 25.3 Å². The number of ketones is 1. The molecule has 1 saturated carbocycles. The van der Waals surface area contributed by atoms with Crippen LogP contribution in [0.4, 0.5) is 0 Å². The third-order valence-corrected chi connectivity index (χ3v) is 5.02. The van der Waals surface area contributed by atoms with Gasteiger partial charge in [0.1, 0.15) is 11.8 Å². The van der Waals surface area contributed by atoms with Gasteiger partial charge in [-0.15, -0.1) is 13.2 Å². The van der Waals surface area contributed by atoms with Crippen molar-refractivity contribution in [2.24, 2.45) is 5.92 Å². The van der Waals surface area contributed by atoms with Crippen molar-refractivity contribution in [2.45, 2.75) is 39.2 Å². The molecule has 2 aromatic rings. The van der Waals surface area contributed by atoms with Gasteiger partial charge in [-0.05, 0) is 42.1 Å². The Kier molecular flexibility index (Phi) is 7.88. The second kappa shape index (κ2) is 10.1. The van der Waals surface area contributed by atoms with Gasteiger partial charge in [0, 0.05) is 23.7 Å². The Morgan fingerprint density at radius 2 is 1.86 bits per heavy atom. The average Bonchev–Trinajstić information content (AvgIpc) is 3.55. The van der Waals surface area contributed by atoms with Crippen molar-refractivity contribution in [1.29, 1.82) is 5.26 Å². The van der Waals surface area contributed by atoms with Crippen LogP contribution >= 0.6 is 0 Å². The first kappa shape index (κ1) is 22.5. The molecule has 0 amide bonds. The molecule has 0 unspecified atom stereocenters. The Labute approximate surface area is 170 Å². The van der Waals surface area contributed by atoms with Gasteiger partial charge in [-0.3, -0.25) is 4.79 Å². The molecule has 29 heavy (non-hydrogen) atoms. The van der Waals surface area contributed by atoms with Gasteiger partial charge in [0.15, 0.2) is 5.78 Å². The molecule has 0 aliphatic heterocycles. The minimum absolute atomic E-state index is 0.0687. The third-order valence-electron chi connectivity index (χ3n) is 5.02. The molecule has 1 aromatic heterocycles. The molecular weight excluding hydrogens is 370 g/mol. The SMILES string of the molecule is C=C.CNCc1[nH]c(C#N)c(C(=O)C2CC2)c1-c1ccc(CO)c(CO)c1CO. The average molecular weight is 397 g/mol. The quantitative estimate of drug-likeness (QED) is 0.343. The topological polar surface area (TPSA) is 129 Å². The summed E-state index contributed by atoms with van der Waals surface area (Å²) >= 11 is 0. The molecule has 1 heterocycles. The Morgan fingerprint density at radius 1 is 1.21 bits per heavy atom. The molecule has 1 fully saturated rings. The summed E-state index contributed by atoms with van der Waals surface area (Å²) in [4.78, 5) is 16.0. The summed E-state index contributed by atoms with van der Waals surface area (Å²) in [6.07, 6.45) is 1.63. The molecule has 154 valence electrons. The highest BCUT2D eigenvalue weighted by atomic mass is 16.3. The normalized spacial score (nSPS) is 12.8. The number of benzene rings is 1. The van der Waals surface area contributed by atoms with Crippen LogP contribution < -0.4 is 5.32 Å². The molecule has 0 saturated heterocycles. The largest absolute Gasteiger partial charge is 0.392 e. The predicted molar refractivity (Wildman–Crippen MR) is 110 cm³/mol. The van der Waals surface area contributed by atoms with E-state index in [1.54, 1.807) is 19.2 Å². The number of rotatable bonds is 8. The van der Waals surface area contributed by atoms with Gasteiger partial charge in [-0.1, -0.05) is 12.1 Å². The number of carbonyl (C=O) groups is 1. The monoisotopic (exact) mass is 397 g/mol. The fourth-order valence-electron chi connectivity index (χ4n) is 3.54. The second-order valence-electron chi connectivity index (χ2n) is 6.71. The first-order chi connectivity index (χ1) is 14.1. The maximum absolute atomic E-state index is 12.9. The minimum atomic E-state index is -0.359. The molecular formula is C22H27N3O4. The molecule has 0 spiro atoms. The van der Waals surface area contributed by atoms with Crippen LogP contribution in [0.3, 0.4) is 0 Å². The van der Waals surface area contributed by atoms with E-state index < -0.39 is 0 Å². The molecule has 7 nitrogen and oxygen atoms in total. The fourth-order valence-corrected chi connectivity index (χ4v) is 3.54. The van der Waals surface area contributed by atoms with Crippen LogP contribution in [-0.4, -0.2) is 33.1 Å². The number of H-pyrrole nitrogens is 1. The van der Waals surface area contributed by atoms with E-state index in [4.69, 9.17) is 0 Å². The molecule has 1 aliphatic rings. The maximum Gasteiger partial charge on any atom is 0.169 e. The zero-order valence-corrected chi connectivity index (χ0v) is 16.6. The zero-order valence-electron chi connectivity index (χ0n) is 16.6. The van der Waals surface area contributed by atoms with Crippen LogP contribution in [0.25, 0.3) is 11.1 Å². The summed E-state index contributed by atoms with van der Waals surface area (Å²) in [5.41, 5.74) is 3.83.